The molecule has 2 fully saturated rings. The van der Waals surface area contributed by atoms with Crippen molar-refractivity contribution in [1.82, 2.24) is 0 Å². The van der Waals surface area contributed by atoms with Crippen molar-refractivity contribution < 1.29 is 9.59 Å². The van der Waals surface area contributed by atoms with Gasteiger partial charge >= 0.3 is 0 Å². The summed E-state index contributed by atoms with van der Waals surface area (Å²) >= 11 is 0. The lowest BCUT2D eigenvalue weighted by atomic mass is 10.2. The Hall–Kier alpha value is -1.84. The molecule has 2 saturated heterocycles. The van der Waals surface area contributed by atoms with Crippen LogP contribution in [-0.2, 0) is 9.59 Å². The molecule has 2 aliphatic rings. The molecule has 1 amide bonds. The van der Waals surface area contributed by atoms with Crippen LogP contribution in [0.5, 0.6) is 0 Å². The van der Waals surface area contributed by atoms with Gasteiger partial charge in [0.1, 0.15) is 0 Å². The highest BCUT2D eigenvalue weighted by Crippen LogP contribution is 2.25. The van der Waals surface area contributed by atoms with E-state index in [1.54, 1.807) is 4.90 Å². The first kappa shape index (κ1) is 11.3. The maximum atomic E-state index is 11.6. The lowest BCUT2D eigenvalue weighted by Gasteiger charge is -2.20. The second-order valence-electron chi connectivity index (χ2n) is 4.84. The van der Waals surface area contributed by atoms with E-state index in [0.29, 0.717) is 13.0 Å². The van der Waals surface area contributed by atoms with Crippen LogP contribution in [0.4, 0.5) is 11.4 Å². The number of nitrogens with zero attached hydrogens (tertiary/aromatic N) is 2. The van der Waals surface area contributed by atoms with Gasteiger partial charge in [0.2, 0.25) is 5.78 Å². The number of benzene rings is 1. The van der Waals surface area contributed by atoms with Crippen molar-refractivity contribution in [2.24, 2.45) is 0 Å². The lowest BCUT2D eigenvalue weighted by molar-refractivity contribution is -0.133. The van der Waals surface area contributed by atoms with Crippen LogP contribution < -0.4 is 9.80 Å². The van der Waals surface area contributed by atoms with Gasteiger partial charge in [-0.15, -0.1) is 0 Å². The average Bonchev–Trinajstić information content (AvgIpc) is 3.02. The van der Waals surface area contributed by atoms with Crippen LogP contribution in [0, 0.1) is 0 Å². The monoisotopic (exact) mass is 244 g/mol. The van der Waals surface area contributed by atoms with Crippen LogP contribution in [0.3, 0.4) is 0 Å². The minimum atomic E-state index is -0.371. The third kappa shape index (κ3) is 1.88. The molecule has 4 heteroatoms. The molecule has 0 atom stereocenters. The first-order chi connectivity index (χ1) is 8.75. The Morgan fingerprint density at radius 3 is 2.00 bits per heavy atom. The molecule has 3 rings (SSSR count). The van der Waals surface area contributed by atoms with Crippen molar-refractivity contribution in [1.29, 1.82) is 0 Å². The Morgan fingerprint density at radius 2 is 1.44 bits per heavy atom. The summed E-state index contributed by atoms with van der Waals surface area (Å²) in [6, 6.07) is 7.95. The fourth-order valence-corrected chi connectivity index (χ4v) is 2.64. The Bertz CT molecular complexity index is 475. The Labute approximate surface area is 106 Å². The van der Waals surface area contributed by atoms with Gasteiger partial charge in [0.05, 0.1) is 0 Å². The molecule has 0 aromatic heterocycles. The summed E-state index contributed by atoms with van der Waals surface area (Å²) in [4.78, 5) is 26.8. The first-order valence-corrected chi connectivity index (χ1v) is 6.45. The van der Waals surface area contributed by atoms with Gasteiger partial charge < -0.3 is 9.80 Å². The summed E-state index contributed by atoms with van der Waals surface area (Å²) in [5, 5.41) is 0. The third-order valence-corrected chi connectivity index (χ3v) is 3.68. The maximum Gasteiger partial charge on any atom is 0.294 e. The summed E-state index contributed by atoms with van der Waals surface area (Å²) in [7, 11) is 0. The number of carbonyl (C=O) groups is 2. The Kier molecular flexibility index (Phi) is 2.78. The van der Waals surface area contributed by atoms with Crippen molar-refractivity contribution in [3.63, 3.8) is 0 Å². The predicted octanol–water partition coefficient (Wildman–Crippen LogP) is 1.59. The largest absolute Gasteiger partial charge is 0.372 e. The topological polar surface area (TPSA) is 40.6 Å². The molecule has 0 spiro atoms. The van der Waals surface area contributed by atoms with Gasteiger partial charge in [-0.3, -0.25) is 9.59 Å². The zero-order valence-corrected chi connectivity index (χ0v) is 10.3. The highest BCUT2D eigenvalue weighted by atomic mass is 16.2. The van der Waals surface area contributed by atoms with E-state index in [1.165, 1.54) is 18.5 Å². The van der Waals surface area contributed by atoms with Gasteiger partial charge in [-0.1, -0.05) is 0 Å². The number of hydrogen-bond donors (Lipinski definition) is 0. The highest BCUT2D eigenvalue weighted by Gasteiger charge is 2.30. The lowest BCUT2D eigenvalue weighted by Crippen LogP contribution is -2.27. The summed E-state index contributed by atoms with van der Waals surface area (Å²) in [5.74, 6) is -0.650. The molecule has 18 heavy (non-hydrogen) atoms. The standard InChI is InChI=1S/C14H16N2O2/c17-13-7-10-16(14(13)18)12-5-3-11(4-6-12)15-8-1-2-9-15/h3-6H,1-2,7-10H2. The van der Waals surface area contributed by atoms with Gasteiger partial charge in [0.25, 0.3) is 5.91 Å². The average molecular weight is 244 g/mol. The van der Waals surface area contributed by atoms with Crippen LogP contribution in [-0.4, -0.2) is 31.3 Å². The molecular weight excluding hydrogens is 228 g/mol. The predicted molar refractivity (Wildman–Crippen MR) is 69.9 cm³/mol. The molecule has 0 aliphatic carbocycles. The first-order valence-electron chi connectivity index (χ1n) is 6.45. The van der Waals surface area contributed by atoms with E-state index in [0.717, 1.165) is 18.8 Å². The normalized spacial score (nSPS) is 20.0. The van der Waals surface area contributed by atoms with E-state index in [9.17, 15) is 9.59 Å². The molecule has 0 N–H and O–H groups in total. The second-order valence-corrected chi connectivity index (χ2v) is 4.84. The van der Waals surface area contributed by atoms with Crippen molar-refractivity contribution in [3.8, 4) is 0 Å². The van der Waals surface area contributed by atoms with E-state index < -0.39 is 0 Å². The molecule has 2 heterocycles. The molecule has 0 unspecified atom stereocenters. The number of ketones is 1. The Morgan fingerprint density at radius 1 is 0.833 bits per heavy atom. The molecule has 0 bridgehead atoms. The van der Waals surface area contributed by atoms with E-state index in [-0.39, 0.29) is 11.7 Å². The SMILES string of the molecule is O=C1CCN(c2ccc(N3CCCC3)cc2)C1=O. The van der Waals surface area contributed by atoms with Crippen LogP contribution in [0.25, 0.3) is 0 Å². The molecule has 2 aliphatic heterocycles. The third-order valence-electron chi connectivity index (χ3n) is 3.68. The summed E-state index contributed by atoms with van der Waals surface area (Å²) < 4.78 is 0. The van der Waals surface area contributed by atoms with Crippen molar-refractivity contribution in [2.75, 3.05) is 29.4 Å². The van der Waals surface area contributed by atoms with Crippen molar-refractivity contribution in [3.05, 3.63) is 24.3 Å². The summed E-state index contributed by atoms with van der Waals surface area (Å²) in [5.41, 5.74) is 2.03. The van der Waals surface area contributed by atoms with E-state index in [2.05, 4.69) is 4.90 Å². The second kappa shape index (κ2) is 4.44. The minimum Gasteiger partial charge on any atom is -0.372 e. The molecule has 1 aromatic rings. The summed E-state index contributed by atoms with van der Waals surface area (Å²) in [6.07, 6.45) is 2.84. The summed E-state index contributed by atoms with van der Waals surface area (Å²) in [6.45, 7) is 2.74. The Balaban J connectivity index is 1.78. The van der Waals surface area contributed by atoms with Crippen LogP contribution in [0.1, 0.15) is 19.3 Å². The maximum absolute atomic E-state index is 11.6. The van der Waals surface area contributed by atoms with Gasteiger partial charge in [-0.05, 0) is 37.1 Å². The smallest absolute Gasteiger partial charge is 0.294 e. The molecule has 4 nitrogen and oxygen atoms in total. The number of Topliss-reactive ketones (excluding diaryl/α,β-unsaturated/α-hetero) is 1. The van der Waals surface area contributed by atoms with Crippen LogP contribution in [0.2, 0.25) is 0 Å². The van der Waals surface area contributed by atoms with Gasteiger partial charge in [-0.25, -0.2) is 0 Å². The van der Waals surface area contributed by atoms with Crippen LogP contribution in [0.15, 0.2) is 24.3 Å². The van der Waals surface area contributed by atoms with E-state index in [4.69, 9.17) is 0 Å². The molecule has 0 saturated carbocycles. The van der Waals surface area contributed by atoms with Crippen molar-refractivity contribution in [2.45, 2.75) is 19.3 Å². The number of anilines is 2. The van der Waals surface area contributed by atoms with Gasteiger partial charge in [0.15, 0.2) is 0 Å². The van der Waals surface area contributed by atoms with E-state index >= 15 is 0 Å². The van der Waals surface area contributed by atoms with Crippen LogP contribution >= 0.6 is 0 Å². The fourth-order valence-electron chi connectivity index (χ4n) is 2.64. The zero-order chi connectivity index (χ0) is 12.5. The van der Waals surface area contributed by atoms with Gasteiger partial charge in [0, 0.05) is 37.4 Å². The molecule has 0 radical (unpaired) electrons. The minimum absolute atomic E-state index is 0.279. The highest BCUT2D eigenvalue weighted by molar-refractivity contribution is 6.43. The molecule has 94 valence electrons. The zero-order valence-electron chi connectivity index (χ0n) is 10.3. The number of carbonyl (C=O) groups excluding carboxylic acids is 2. The number of amides is 1. The number of rotatable bonds is 2. The van der Waals surface area contributed by atoms with Crippen molar-refractivity contribution >= 4 is 23.1 Å². The molecule has 1 aromatic carbocycles. The fraction of sp³-hybridized carbons (Fsp3) is 0.429. The molecular formula is C14H16N2O2. The van der Waals surface area contributed by atoms with Gasteiger partial charge in [-0.2, -0.15) is 0 Å². The van der Waals surface area contributed by atoms with E-state index in [1.807, 2.05) is 24.3 Å². The quantitative estimate of drug-likeness (QED) is 0.742. The number of hydrogen-bond acceptors (Lipinski definition) is 3.